The molecule has 10 heteroatoms. The molecule has 1 amide bonds. The normalized spacial score (nSPS) is 10.7. The Hall–Kier alpha value is -5.38. The molecule has 5 rings (SSSR count). The largest absolute Gasteiger partial charge is 0.493 e. The highest BCUT2D eigenvalue weighted by atomic mass is 16.5. The first-order valence-electron chi connectivity index (χ1n) is 12.3. The molecule has 0 aliphatic heterocycles. The molecule has 2 aromatic heterocycles. The van der Waals surface area contributed by atoms with Gasteiger partial charge in [-0.15, -0.1) is 0 Å². The molecule has 2 heterocycles. The van der Waals surface area contributed by atoms with Crippen LogP contribution in [0.15, 0.2) is 79.3 Å². The minimum absolute atomic E-state index is 0.289. The molecule has 3 aromatic carbocycles. The Morgan fingerprint density at radius 2 is 1.73 bits per heavy atom. The molecule has 0 saturated heterocycles. The number of nitrogens with one attached hydrogen (secondary N) is 2. The average molecular weight is 538 g/mol. The van der Waals surface area contributed by atoms with Crippen LogP contribution in [-0.2, 0) is 4.74 Å². The number of hydrogen-bond acceptors (Lipinski definition) is 8. The van der Waals surface area contributed by atoms with Gasteiger partial charge in [0.1, 0.15) is 0 Å². The Bertz CT molecular complexity index is 1730. The van der Waals surface area contributed by atoms with Crippen molar-refractivity contribution in [2.45, 2.75) is 6.92 Å². The van der Waals surface area contributed by atoms with Crippen molar-refractivity contribution in [2.24, 2.45) is 0 Å². The predicted molar refractivity (Wildman–Crippen MR) is 152 cm³/mol. The summed E-state index contributed by atoms with van der Waals surface area (Å²) in [6, 6.07) is 17.7. The summed E-state index contributed by atoms with van der Waals surface area (Å²) in [6.45, 7) is 1.82. The lowest BCUT2D eigenvalue weighted by molar-refractivity contribution is 0.0600. The number of methoxy groups -OCH3 is 3. The van der Waals surface area contributed by atoms with Crippen molar-refractivity contribution in [2.75, 3.05) is 32.0 Å². The fraction of sp³-hybridized carbons (Fsp3) is 0.133. The Kier molecular flexibility index (Phi) is 7.32. The number of nitrogens with zero attached hydrogens (tertiary/aromatic N) is 3. The summed E-state index contributed by atoms with van der Waals surface area (Å²) in [6.07, 6.45) is 5.38. The molecule has 0 atom stereocenters. The molecule has 0 aliphatic carbocycles. The molecular weight excluding hydrogens is 510 g/mol. The van der Waals surface area contributed by atoms with E-state index in [0.29, 0.717) is 45.5 Å². The Labute approximate surface area is 230 Å². The van der Waals surface area contributed by atoms with Gasteiger partial charge < -0.3 is 29.2 Å². The first-order chi connectivity index (χ1) is 19.4. The zero-order valence-corrected chi connectivity index (χ0v) is 22.4. The number of carbonyl (C=O) groups excluding carboxylic acids is 2. The second kappa shape index (κ2) is 11.2. The van der Waals surface area contributed by atoms with Crippen molar-refractivity contribution in [3.63, 3.8) is 0 Å². The number of esters is 1. The summed E-state index contributed by atoms with van der Waals surface area (Å²) in [5.74, 6) is 1.01. The zero-order chi connectivity index (χ0) is 28.2. The first-order valence-corrected chi connectivity index (χ1v) is 12.3. The Balaban J connectivity index is 1.43. The van der Waals surface area contributed by atoms with Gasteiger partial charge in [0.2, 0.25) is 0 Å². The number of imidazole rings is 1. The van der Waals surface area contributed by atoms with Gasteiger partial charge in [0, 0.05) is 47.2 Å². The topological polar surface area (TPSA) is 116 Å². The number of amides is 1. The third-order valence-corrected chi connectivity index (χ3v) is 6.34. The Morgan fingerprint density at radius 1 is 0.900 bits per heavy atom. The van der Waals surface area contributed by atoms with Gasteiger partial charge >= 0.3 is 5.97 Å². The van der Waals surface area contributed by atoms with Gasteiger partial charge in [-0.3, -0.25) is 4.79 Å². The second-order valence-electron chi connectivity index (χ2n) is 8.88. The average Bonchev–Trinajstić information content (AvgIpc) is 3.47. The molecule has 2 N–H and O–H groups in total. The zero-order valence-electron chi connectivity index (χ0n) is 22.4. The third kappa shape index (κ3) is 5.28. The summed E-state index contributed by atoms with van der Waals surface area (Å²) in [5.41, 5.74) is 4.98. The molecular formula is C30H27N5O5. The molecule has 0 fully saturated rings. The summed E-state index contributed by atoms with van der Waals surface area (Å²) < 4.78 is 17.4. The number of carbonyl (C=O) groups is 2. The van der Waals surface area contributed by atoms with E-state index in [1.165, 1.54) is 7.11 Å². The second-order valence-corrected chi connectivity index (χ2v) is 8.88. The van der Waals surface area contributed by atoms with Crippen LogP contribution < -0.4 is 20.1 Å². The smallest absolute Gasteiger partial charge is 0.337 e. The van der Waals surface area contributed by atoms with Crippen LogP contribution in [-0.4, -0.2) is 47.6 Å². The van der Waals surface area contributed by atoms with Crippen LogP contribution in [0, 0.1) is 6.92 Å². The quantitative estimate of drug-likeness (QED) is 0.249. The van der Waals surface area contributed by atoms with E-state index in [0.717, 1.165) is 16.8 Å². The van der Waals surface area contributed by atoms with Gasteiger partial charge in [0.25, 0.3) is 5.91 Å². The maximum absolute atomic E-state index is 13.1. The lowest BCUT2D eigenvalue weighted by atomic mass is 10.1. The molecule has 10 nitrogen and oxygen atoms in total. The van der Waals surface area contributed by atoms with E-state index in [4.69, 9.17) is 19.2 Å². The van der Waals surface area contributed by atoms with E-state index < -0.39 is 5.97 Å². The molecule has 202 valence electrons. The van der Waals surface area contributed by atoms with E-state index in [2.05, 4.69) is 15.6 Å². The highest BCUT2D eigenvalue weighted by molar-refractivity contribution is 6.05. The van der Waals surface area contributed by atoms with E-state index in [9.17, 15) is 9.59 Å². The van der Waals surface area contributed by atoms with Crippen LogP contribution in [0.1, 0.15) is 26.3 Å². The number of aryl methyl sites for hydroxylation is 1. The van der Waals surface area contributed by atoms with E-state index in [1.807, 2.05) is 41.9 Å². The maximum atomic E-state index is 13.1. The van der Waals surface area contributed by atoms with Crippen molar-refractivity contribution in [1.29, 1.82) is 0 Å². The minimum atomic E-state index is -0.434. The number of ether oxygens (including phenoxy) is 3. The standard InChI is InChI=1S/C30H27N5O5/c1-18-14-21(30(37)40-4)8-10-23(18)34-29(36)20-7-5-6-19(15-20)24-17-35-13-12-31-28(35)27(33-24)32-22-9-11-25(38-2)26(16-22)39-3/h5-17H,1-4H3,(H,32,33)(H,34,36). The molecule has 0 bridgehead atoms. The summed E-state index contributed by atoms with van der Waals surface area (Å²) in [5, 5.41) is 6.24. The van der Waals surface area contributed by atoms with E-state index >= 15 is 0 Å². The monoisotopic (exact) mass is 537 g/mol. The molecule has 5 aromatic rings. The SMILES string of the molecule is COC(=O)c1ccc(NC(=O)c2cccc(-c3cn4ccnc4c(Nc4ccc(OC)c(OC)c4)n3)c2)c(C)c1. The summed E-state index contributed by atoms with van der Waals surface area (Å²) in [4.78, 5) is 34.2. The fourth-order valence-corrected chi connectivity index (χ4v) is 4.27. The highest BCUT2D eigenvalue weighted by Gasteiger charge is 2.15. The van der Waals surface area contributed by atoms with Gasteiger partial charge in [-0.05, 0) is 55.0 Å². The van der Waals surface area contributed by atoms with Crippen molar-refractivity contribution >= 4 is 34.7 Å². The first kappa shape index (κ1) is 26.2. The summed E-state index contributed by atoms with van der Waals surface area (Å²) in [7, 11) is 4.49. The molecule has 0 unspecified atom stereocenters. The van der Waals surface area contributed by atoms with Crippen molar-refractivity contribution in [3.05, 3.63) is 95.9 Å². The molecule has 0 radical (unpaired) electrons. The maximum Gasteiger partial charge on any atom is 0.337 e. The molecule has 0 spiro atoms. The van der Waals surface area contributed by atoms with Crippen LogP contribution in [0.4, 0.5) is 17.2 Å². The van der Waals surface area contributed by atoms with Crippen LogP contribution >= 0.6 is 0 Å². The van der Waals surface area contributed by atoms with Crippen LogP contribution in [0.5, 0.6) is 11.5 Å². The van der Waals surface area contributed by atoms with Gasteiger partial charge in [-0.2, -0.15) is 0 Å². The lowest BCUT2D eigenvalue weighted by Gasteiger charge is -2.13. The number of fused-ring (bicyclic) bond motifs is 1. The number of rotatable bonds is 8. The highest BCUT2D eigenvalue weighted by Crippen LogP contribution is 2.32. The number of benzene rings is 3. The molecule has 0 saturated carbocycles. The lowest BCUT2D eigenvalue weighted by Crippen LogP contribution is -2.13. The molecule has 0 aliphatic rings. The van der Waals surface area contributed by atoms with Crippen LogP contribution in [0.25, 0.3) is 16.9 Å². The van der Waals surface area contributed by atoms with Crippen molar-refractivity contribution < 1.29 is 23.8 Å². The van der Waals surface area contributed by atoms with Crippen molar-refractivity contribution in [3.8, 4) is 22.8 Å². The van der Waals surface area contributed by atoms with E-state index in [-0.39, 0.29) is 5.91 Å². The Morgan fingerprint density at radius 3 is 2.48 bits per heavy atom. The third-order valence-electron chi connectivity index (χ3n) is 6.34. The number of hydrogen-bond donors (Lipinski definition) is 2. The van der Waals surface area contributed by atoms with Gasteiger partial charge in [0.15, 0.2) is 23.0 Å². The fourth-order valence-electron chi connectivity index (χ4n) is 4.27. The van der Waals surface area contributed by atoms with Crippen LogP contribution in [0.3, 0.4) is 0 Å². The summed E-state index contributed by atoms with van der Waals surface area (Å²) >= 11 is 0. The molecule has 40 heavy (non-hydrogen) atoms. The van der Waals surface area contributed by atoms with Gasteiger partial charge in [-0.25, -0.2) is 14.8 Å². The number of aromatic nitrogens is 3. The minimum Gasteiger partial charge on any atom is -0.493 e. The van der Waals surface area contributed by atoms with Gasteiger partial charge in [0.05, 0.1) is 32.6 Å². The number of anilines is 3. The van der Waals surface area contributed by atoms with Crippen molar-refractivity contribution in [1.82, 2.24) is 14.4 Å². The van der Waals surface area contributed by atoms with Crippen LogP contribution in [0.2, 0.25) is 0 Å². The van der Waals surface area contributed by atoms with Gasteiger partial charge in [-0.1, -0.05) is 12.1 Å². The predicted octanol–water partition coefficient (Wildman–Crippen LogP) is 5.50. The van der Waals surface area contributed by atoms with E-state index in [1.54, 1.807) is 62.9 Å².